The highest BCUT2D eigenvalue weighted by molar-refractivity contribution is 5.79. The van der Waals surface area contributed by atoms with Crippen molar-refractivity contribution in [3.63, 3.8) is 0 Å². The molecule has 7 atom stereocenters. The lowest BCUT2D eigenvalue weighted by atomic mass is 9.44. The number of Topliss-reactive ketones (excluding diaryl/α,β-unsaturated/α-hetero) is 1. The molecule has 5 heteroatoms. The first-order chi connectivity index (χ1) is 14.9. The second kappa shape index (κ2) is 7.15. The normalized spacial score (nSPS) is 46.4. The molecule has 0 bridgehead atoms. The van der Waals surface area contributed by atoms with Crippen LogP contribution in [0.1, 0.15) is 71.6 Å². The molecule has 5 fully saturated rings. The Morgan fingerprint density at radius 3 is 2.61 bits per heavy atom. The summed E-state index contributed by atoms with van der Waals surface area (Å²) < 4.78 is 15.1. The lowest BCUT2D eigenvalue weighted by molar-refractivity contribution is -0.236. The second-order valence-electron chi connectivity index (χ2n) is 11.8. The Morgan fingerprint density at radius 1 is 1.03 bits per heavy atom. The predicted octanol–water partition coefficient (Wildman–Crippen LogP) is 4.85. The molecular weight excluding hydrogens is 388 g/mol. The van der Waals surface area contributed by atoms with E-state index in [0.29, 0.717) is 36.2 Å². The molecule has 1 aromatic heterocycles. The maximum atomic E-state index is 12.2. The fraction of sp³-hybridized carbons (Fsp3) is 0.846. The molecular formula is C26H38N2O3. The fourth-order valence-electron chi connectivity index (χ4n) is 9.28. The summed E-state index contributed by atoms with van der Waals surface area (Å²) in [4.78, 5) is 16.4. The van der Waals surface area contributed by atoms with E-state index in [2.05, 4.69) is 23.4 Å². The standard InChI is InChI=1S/C26H38N2O3/c1-24-9-7-19(29)15-18(24)3-4-20-21-5-6-23(25(21,2)10-8-22(20)24)26(30-13-14-31-26)16-28-12-11-27-17-28/h11-12,17-18,20-23H,3-10,13-16H2,1-2H3/t18-,20-,21-,22-,23-,24-,25-/m0/s1. The predicted molar refractivity (Wildman–Crippen MR) is 117 cm³/mol. The van der Waals surface area contributed by atoms with Gasteiger partial charge in [0.05, 0.1) is 26.1 Å². The van der Waals surface area contributed by atoms with Crippen LogP contribution in [0.3, 0.4) is 0 Å². The molecule has 0 aromatic carbocycles. The van der Waals surface area contributed by atoms with Crippen molar-refractivity contribution in [3.05, 3.63) is 18.7 Å². The van der Waals surface area contributed by atoms with Crippen molar-refractivity contribution >= 4 is 5.78 Å². The molecule has 170 valence electrons. The molecule has 1 aliphatic heterocycles. The molecule has 5 aliphatic rings. The topological polar surface area (TPSA) is 53.4 Å². The number of carbonyl (C=O) groups excluding carboxylic acids is 1. The van der Waals surface area contributed by atoms with E-state index < -0.39 is 5.79 Å². The van der Waals surface area contributed by atoms with E-state index in [9.17, 15) is 4.79 Å². The smallest absolute Gasteiger partial charge is 0.189 e. The highest BCUT2D eigenvalue weighted by Crippen LogP contribution is 2.69. The molecule has 2 heterocycles. The highest BCUT2D eigenvalue weighted by atomic mass is 16.7. The minimum Gasteiger partial charge on any atom is -0.345 e. The minimum absolute atomic E-state index is 0.278. The molecule has 0 amide bonds. The third-order valence-electron chi connectivity index (χ3n) is 10.8. The van der Waals surface area contributed by atoms with Crippen molar-refractivity contribution in [1.82, 2.24) is 9.55 Å². The number of aromatic nitrogens is 2. The summed E-state index contributed by atoms with van der Waals surface area (Å²) in [5.41, 5.74) is 0.658. The zero-order chi connectivity index (χ0) is 21.3. The lowest BCUT2D eigenvalue weighted by Crippen LogP contribution is -2.56. The Kier molecular flexibility index (Phi) is 4.71. The van der Waals surface area contributed by atoms with Crippen LogP contribution in [0.15, 0.2) is 18.7 Å². The maximum absolute atomic E-state index is 12.2. The zero-order valence-corrected chi connectivity index (χ0v) is 19.2. The summed E-state index contributed by atoms with van der Waals surface area (Å²) in [6.07, 6.45) is 16.2. The molecule has 1 aromatic rings. The number of hydrogen-bond acceptors (Lipinski definition) is 4. The van der Waals surface area contributed by atoms with Gasteiger partial charge in [-0.05, 0) is 79.4 Å². The van der Waals surface area contributed by atoms with Gasteiger partial charge in [0.2, 0.25) is 0 Å². The molecule has 31 heavy (non-hydrogen) atoms. The number of rotatable bonds is 3. The first-order valence-corrected chi connectivity index (χ1v) is 12.7. The van der Waals surface area contributed by atoms with Gasteiger partial charge in [0.1, 0.15) is 5.78 Å². The van der Waals surface area contributed by atoms with Crippen LogP contribution < -0.4 is 0 Å². The second-order valence-corrected chi connectivity index (χ2v) is 11.8. The van der Waals surface area contributed by atoms with Crippen molar-refractivity contribution in [1.29, 1.82) is 0 Å². The van der Waals surface area contributed by atoms with Crippen LogP contribution >= 0.6 is 0 Å². The van der Waals surface area contributed by atoms with Gasteiger partial charge in [-0.1, -0.05) is 13.8 Å². The zero-order valence-electron chi connectivity index (χ0n) is 19.2. The average Bonchev–Trinajstić information content (AvgIpc) is 3.49. The maximum Gasteiger partial charge on any atom is 0.189 e. The van der Waals surface area contributed by atoms with Crippen molar-refractivity contribution in [2.45, 2.75) is 84.0 Å². The fourth-order valence-corrected chi connectivity index (χ4v) is 9.28. The number of nitrogens with zero attached hydrogens (tertiary/aromatic N) is 2. The number of ether oxygens (including phenoxy) is 2. The SMILES string of the molecule is C[C@]12CCC(=O)C[C@@H]1CC[C@@H]1[C@@H]2CC[C@]2(C)[C@@H](C3(Cn4ccnc4)OCCO3)CC[C@@H]12. The molecule has 5 nitrogen and oxygen atoms in total. The van der Waals surface area contributed by atoms with Gasteiger partial charge in [0.25, 0.3) is 0 Å². The number of ketones is 1. The Balaban J connectivity index is 1.29. The van der Waals surface area contributed by atoms with Crippen LogP contribution in [0.25, 0.3) is 0 Å². The van der Waals surface area contributed by atoms with Crippen LogP contribution in [0.4, 0.5) is 0 Å². The van der Waals surface area contributed by atoms with Crippen molar-refractivity contribution in [2.75, 3.05) is 13.2 Å². The molecule has 0 N–H and O–H groups in total. The molecule has 0 radical (unpaired) electrons. The third-order valence-corrected chi connectivity index (χ3v) is 10.8. The summed E-state index contributed by atoms with van der Waals surface area (Å²) in [7, 11) is 0. The monoisotopic (exact) mass is 426 g/mol. The van der Waals surface area contributed by atoms with Crippen LogP contribution in [0, 0.1) is 40.4 Å². The highest BCUT2D eigenvalue weighted by Gasteiger charge is 2.64. The number of hydrogen-bond donors (Lipinski definition) is 0. The third kappa shape index (κ3) is 2.95. The summed E-state index contributed by atoms with van der Waals surface area (Å²) in [5.74, 6) is 3.45. The molecule has 4 aliphatic carbocycles. The van der Waals surface area contributed by atoms with Gasteiger partial charge < -0.3 is 14.0 Å². The average molecular weight is 427 g/mol. The number of fused-ring (bicyclic) bond motifs is 5. The Morgan fingerprint density at radius 2 is 1.84 bits per heavy atom. The van der Waals surface area contributed by atoms with Crippen molar-refractivity contribution < 1.29 is 14.3 Å². The van der Waals surface area contributed by atoms with Crippen LogP contribution in [-0.2, 0) is 20.8 Å². The van der Waals surface area contributed by atoms with E-state index in [1.807, 2.05) is 18.7 Å². The minimum atomic E-state index is -0.505. The van der Waals surface area contributed by atoms with E-state index >= 15 is 0 Å². The molecule has 0 unspecified atom stereocenters. The number of carbonyl (C=O) groups is 1. The van der Waals surface area contributed by atoms with Gasteiger partial charge in [-0.3, -0.25) is 4.79 Å². The van der Waals surface area contributed by atoms with Gasteiger partial charge in [0.15, 0.2) is 5.79 Å². The first-order valence-electron chi connectivity index (χ1n) is 12.7. The van der Waals surface area contributed by atoms with E-state index in [4.69, 9.17) is 9.47 Å². The Labute approximate surface area is 186 Å². The largest absolute Gasteiger partial charge is 0.345 e. The van der Waals surface area contributed by atoms with Gasteiger partial charge in [-0.15, -0.1) is 0 Å². The summed E-state index contributed by atoms with van der Waals surface area (Å²) in [5, 5.41) is 0. The summed E-state index contributed by atoms with van der Waals surface area (Å²) >= 11 is 0. The molecule has 4 saturated carbocycles. The van der Waals surface area contributed by atoms with Crippen molar-refractivity contribution in [3.8, 4) is 0 Å². The summed E-state index contributed by atoms with van der Waals surface area (Å²) in [6.45, 7) is 7.25. The lowest BCUT2D eigenvalue weighted by Gasteiger charge is -2.61. The van der Waals surface area contributed by atoms with Crippen molar-refractivity contribution in [2.24, 2.45) is 40.4 Å². The van der Waals surface area contributed by atoms with Gasteiger partial charge in [-0.25, -0.2) is 4.98 Å². The first kappa shape index (κ1) is 20.4. The number of imidazole rings is 1. The molecule has 6 rings (SSSR count). The van der Waals surface area contributed by atoms with Gasteiger partial charge >= 0.3 is 0 Å². The molecule has 0 spiro atoms. The van der Waals surface area contributed by atoms with Crippen LogP contribution in [-0.4, -0.2) is 34.3 Å². The Hall–Kier alpha value is -1.20. The summed E-state index contributed by atoms with van der Waals surface area (Å²) in [6, 6.07) is 0. The Bertz CT molecular complexity index is 832. The van der Waals surface area contributed by atoms with Gasteiger partial charge in [0, 0.05) is 31.2 Å². The van der Waals surface area contributed by atoms with E-state index in [1.54, 1.807) is 0 Å². The molecule has 1 saturated heterocycles. The van der Waals surface area contributed by atoms with E-state index in [-0.39, 0.29) is 5.41 Å². The van der Waals surface area contributed by atoms with Crippen LogP contribution in [0.5, 0.6) is 0 Å². The van der Waals surface area contributed by atoms with Gasteiger partial charge in [-0.2, -0.15) is 0 Å². The van der Waals surface area contributed by atoms with E-state index in [1.165, 1.54) is 38.5 Å². The van der Waals surface area contributed by atoms with E-state index in [0.717, 1.165) is 43.6 Å². The quantitative estimate of drug-likeness (QED) is 0.693. The van der Waals surface area contributed by atoms with Crippen LogP contribution in [0.2, 0.25) is 0 Å².